The number of hydrogen-bond acceptors (Lipinski definition) is 3. The van der Waals surface area contributed by atoms with Gasteiger partial charge in [0.15, 0.2) is 0 Å². The quantitative estimate of drug-likeness (QED) is 0.697. The molecule has 1 rings (SSSR count). The number of likely N-dealkylation sites (N-methyl/N-ethyl adjacent to an activating group) is 2. The molecule has 94 valence electrons. The summed E-state index contributed by atoms with van der Waals surface area (Å²) >= 11 is 0. The Morgan fingerprint density at radius 3 is 2.88 bits per heavy atom. The highest BCUT2D eigenvalue weighted by Crippen LogP contribution is 2.15. The second-order valence-electron chi connectivity index (χ2n) is 4.51. The maximum atomic E-state index is 5.86. The van der Waals surface area contributed by atoms with Crippen LogP contribution in [0.2, 0.25) is 0 Å². The second-order valence-corrected chi connectivity index (χ2v) is 4.51. The number of nitrogens with zero attached hydrogens (tertiary/aromatic N) is 1. The molecule has 3 nitrogen and oxygen atoms in total. The lowest BCUT2D eigenvalue weighted by Crippen LogP contribution is -2.51. The van der Waals surface area contributed by atoms with Gasteiger partial charge in [0, 0.05) is 19.1 Å². The van der Waals surface area contributed by atoms with E-state index in [2.05, 4.69) is 30.6 Å². The molecule has 0 aromatic carbocycles. The van der Waals surface area contributed by atoms with E-state index in [1.165, 1.54) is 5.57 Å². The Balaban J connectivity index is 2.48. The Kier molecular flexibility index (Phi) is 6.03. The third-order valence-electron chi connectivity index (χ3n) is 3.45. The molecule has 1 aliphatic rings. The van der Waals surface area contributed by atoms with Crippen LogP contribution in [0.5, 0.6) is 0 Å². The van der Waals surface area contributed by atoms with E-state index >= 15 is 0 Å². The van der Waals surface area contributed by atoms with E-state index < -0.39 is 0 Å². The van der Waals surface area contributed by atoms with Crippen molar-refractivity contribution in [3.05, 3.63) is 12.2 Å². The number of nitrogens with one attached hydrogen (secondary N) is 1. The minimum absolute atomic E-state index is 0.307. The zero-order chi connectivity index (χ0) is 12.0. The molecule has 3 heteroatoms. The predicted molar refractivity (Wildman–Crippen MR) is 68.7 cm³/mol. The van der Waals surface area contributed by atoms with Crippen LogP contribution in [0.25, 0.3) is 0 Å². The summed E-state index contributed by atoms with van der Waals surface area (Å²) in [6.07, 6.45) is 2.39. The van der Waals surface area contributed by atoms with Gasteiger partial charge in [-0.1, -0.05) is 26.0 Å². The molecule has 0 saturated carbocycles. The highest BCUT2D eigenvalue weighted by Gasteiger charge is 2.26. The average molecular weight is 226 g/mol. The third kappa shape index (κ3) is 3.89. The van der Waals surface area contributed by atoms with Crippen molar-refractivity contribution < 1.29 is 4.74 Å². The average Bonchev–Trinajstić information content (AvgIpc) is 2.35. The monoisotopic (exact) mass is 226 g/mol. The molecule has 0 spiro atoms. The van der Waals surface area contributed by atoms with Gasteiger partial charge in [-0.15, -0.1) is 0 Å². The van der Waals surface area contributed by atoms with Crippen molar-refractivity contribution in [1.29, 1.82) is 0 Å². The van der Waals surface area contributed by atoms with Crippen molar-refractivity contribution >= 4 is 0 Å². The Labute approximate surface area is 99.8 Å². The van der Waals surface area contributed by atoms with Gasteiger partial charge in [0.05, 0.1) is 12.7 Å². The minimum atomic E-state index is 0.307. The second kappa shape index (κ2) is 7.05. The molecule has 0 amide bonds. The van der Waals surface area contributed by atoms with Gasteiger partial charge in [0.2, 0.25) is 0 Å². The van der Waals surface area contributed by atoms with Crippen LogP contribution < -0.4 is 5.32 Å². The van der Waals surface area contributed by atoms with Crippen molar-refractivity contribution in [2.24, 2.45) is 0 Å². The molecular formula is C13H26N2O. The van der Waals surface area contributed by atoms with E-state index in [0.29, 0.717) is 12.1 Å². The van der Waals surface area contributed by atoms with E-state index in [9.17, 15) is 0 Å². The van der Waals surface area contributed by atoms with Crippen molar-refractivity contribution in [2.45, 2.75) is 38.8 Å². The van der Waals surface area contributed by atoms with Gasteiger partial charge in [0.1, 0.15) is 0 Å². The minimum Gasteiger partial charge on any atom is -0.374 e. The summed E-state index contributed by atoms with van der Waals surface area (Å²) < 4.78 is 5.86. The number of morpholine rings is 1. The zero-order valence-corrected chi connectivity index (χ0v) is 11.0. The molecule has 0 aliphatic carbocycles. The van der Waals surface area contributed by atoms with Crippen LogP contribution in [-0.2, 0) is 4.74 Å². The van der Waals surface area contributed by atoms with E-state index in [0.717, 1.165) is 39.1 Å². The SMILES string of the molecule is C=C(CC)CC(NC)C1CN(CC)CCO1. The lowest BCUT2D eigenvalue weighted by molar-refractivity contribution is -0.0436. The van der Waals surface area contributed by atoms with Crippen molar-refractivity contribution in [2.75, 3.05) is 33.3 Å². The maximum absolute atomic E-state index is 5.86. The highest BCUT2D eigenvalue weighted by molar-refractivity contribution is 4.99. The number of rotatable bonds is 6. The Morgan fingerprint density at radius 1 is 1.56 bits per heavy atom. The molecule has 1 heterocycles. The number of ether oxygens (including phenoxy) is 1. The standard InChI is InChI=1S/C13H26N2O/c1-5-11(3)9-12(14-4)13-10-15(6-2)7-8-16-13/h12-14H,3,5-10H2,1-2,4H3. The first-order valence-corrected chi connectivity index (χ1v) is 6.39. The molecule has 1 fully saturated rings. The smallest absolute Gasteiger partial charge is 0.0858 e. The molecule has 1 N–H and O–H groups in total. The Morgan fingerprint density at radius 2 is 2.31 bits per heavy atom. The summed E-state index contributed by atoms with van der Waals surface area (Å²) in [6, 6.07) is 0.404. The molecule has 0 aromatic heterocycles. The van der Waals surface area contributed by atoms with Gasteiger partial charge >= 0.3 is 0 Å². The topological polar surface area (TPSA) is 24.5 Å². The Hall–Kier alpha value is -0.380. The van der Waals surface area contributed by atoms with Gasteiger partial charge < -0.3 is 10.1 Å². The van der Waals surface area contributed by atoms with Crippen LogP contribution in [0.1, 0.15) is 26.7 Å². The summed E-state index contributed by atoms with van der Waals surface area (Å²) in [5.41, 5.74) is 1.30. The summed E-state index contributed by atoms with van der Waals surface area (Å²) in [6.45, 7) is 12.5. The number of hydrogen-bond donors (Lipinski definition) is 1. The first-order chi connectivity index (χ1) is 7.71. The highest BCUT2D eigenvalue weighted by atomic mass is 16.5. The first-order valence-electron chi connectivity index (χ1n) is 6.39. The van der Waals surface area contributed by atoms with Crippen LogP contribution in [-0.4, -0.2) is 50.3 Å². The molecule has 1 saturated heterocycles. The fourth-order valence-electron chi connectivity index (χ4n) is 2.14. The summed E-state index contributed by atoms with van der Waals surface area (Å²) in [5.74, 6) is 0. The van der Waals surface area contributed by atoms with Crippen molar-refractivity contribution in [3.63, 3.8) is 0 Å². The van der Waals surface area contributed by atoms with Crippen LogP contribution in [0, 0.1) is 0 Å². The van der Waals surface area contributed by atoms with Crippen LogP contribution in [0.4, 0.5) is 0 Å². The van der Waals surface area contributed by atoms with E-state index in [-0.39, 0.29) is 0 Å². The molecule has 0 radical (unpaired) electrons. The molecular weight excluding hydrogens is 200 g/mol. The van der Waals surface area contributed by atoms with E-state index in [4.69, 9.17) is 4.74 Å². The summed E-state index contributed by atoms with van der Waals surface area (Å²) in [7, 11) is 2.02. The van der Waals surface area contributed by atoms with Crippen molar-refractivity contribution in [1.82, 2.24) is 10.2 Å². The molecule has 16 heavy (non-hydrogen) atoms. The largest absolute Gasteiger partial charge is 0.374 e. The maximum Gasteiger partial charge on any atom is 0.0858 e. The lowest BCUT2D eigenvalue weighted by Gasteiger charge is -2.36. The fraction of sp³-hybridized carbons (Fsp3) is 0.846. The zero-order valence-electron chi connectivity index (χ0n) is 11.0. The molecule has 0 bridgehead atoms. The van der Waals surface area contributed by atoms with Crippen LogP contribution >= 0.6 is 0 Å². The fourth-order valence-corrected chi connectivity index (χ4v) is 2.14. The molecule has 2 atom stereocenters. The van der Waals surface area contributed by atoms with Gasteiger partial charge in [-0.2, -0.15) is 0 Å². The summed E-state index contributed by atoms with van der Waals surface area (Å²) in [5, 5.41) is 3.37. The van der Waals surface area contributed by atoms with Crippen LogP contribution in [0.15, 0.2) is 12.2 Å². The van der Waals surface area contributed by atoms with Crippen molar-refractivity contribution in [3.8, 4) is 0 Å². The van der Waals surface area contributed by atoms with Crippen LogP contribution in [0.3, 0.4) is 0 Å². The third-order valence-corrected chi connectivity index (χ3v) is 3.45. The normalized spacial score (nSPS) is 24.3. The van der Waals surface area contributed by atoms with Gasteiger partial charge in [-0.25, -0.2) is 0 Å². The Bertz CT molecular complexity index is 218. The van der Waals surface area contributed by atoms with Gasteiger partial charge in [-0.05, 0) is 26.4 Å². The van der Waals surface area contributed by atoms with Gasteiger partial charge in [-0.3, -0.25) is 4.90 Å². The lowest BCUT2D eigenvalue weighted by atomic mass is 9.99. The summed E-state index contributed by atoms with van der Waals surface area (Å²) in [4.78, 5) is 2.45. The molecule has 2 unspecified atom stereocenters. The molecule has 1 aliphatic heterocycles. The van der Waals surface area contributed by atoms with E-state index in [1.54, 1.807) is 0 Å². The predicted octanol–water partition coefficient (Wildman–Crippen LogP) is 1.65. The van der Waals surface area contributed by atoms with Gasteiger partial charge in [0.25, 0.3) is 0 Å². The first kappa shape index (κ1) is 13.7. The van der Waals surface area contributed by atoms with E-state index in [1.807, 2.05) is 7.05 Å². The molecule has 0 aromatic rings.